The molecule has 0 heterocycles. The first-order chi connectivity index (χ1) is 5.24. The molecular formula is C7H4FIO2. The standard InChI is InChI=1S/C7H4FIO2/c8-11-7(10)5-2-1-3-6(9)4-5/h1-4H. The fourth-order valence-electron chi connectivity index (χ4n) is 0.660. The molecule has 2 nitrogen and oxygen atoms in total. The van der Waals surface area contributed by atoms with Crippen molar-refractivity contribution in [2.75, 3.05) is 0 Å². The number of hydrogen-bond acceptors (Lipinski definition) is 2. The molecule has 0 spiro atoms. The molecule has 0 aliphatic rings. The van der Waals surface area contributed by atoms with Crippen LogP contribution in [0.15, 0.2) is 24.3 Å². The van der Waals surface area contributed by atoms with Crippen LogP contribution in [-0.2, 0) is 4.94 Å². The van der Waals surface area contributed by atoms with Crippen molar-refractivity contribution >= 4 is 28.6 Å². The number of benzene rings is 1. The number of halogens is 2. The Hall–Kier alpha value is -0.650. The highest BCUT2D eigenvalue weighted by Crippen LogP contribution is 2.08. The van der Waals surface area contributed by atoms with Gasteiger partial charge in [0.25, 0.3) is 0 Å². The van der Waals surface area contributed by atoms with Crippen molar-refractivity contribution in [2.24, 2.45) is 0 Å². The first kappa shape index (κ1) is 8.45. The van der Waals surface area contributed by atoms with Crippen molar-refractivity contribution in [3.05, 3.63) is 33.4 Å². The first-order valence-corrected chi connectivity index (χ1v) is 3.90. The zero-order valence-corrected chi connectivity index (χ0v) is 7.54. The number of carbonyl (C=O) groups excluding carboxylic acids is 1. The van der Waals surface area contributed by atoms with Gasteiger partial charge in [-0.3, -0.25) is 0 Å². The van der Waals surface area contributed by atoms with Gasteiger partial charge in [-0.15, -0.1) is 0 Å². The van der Waals surface area contributed by atoms with Gasteiger partial charge in [0.2, 0.25) is 0 Å². The Morgan fingerprint density at radius 2 is 2.27 bits per heavy atom. The van der Waals surface area contributed by atoms with Crippen LogP contribution in [0.5, 0.6) is 0 Å². The minimum atomic E-state index is -0.955. The molecule has 0 aliphatic heterocycles. The minimum absolute atomic E-state index is 0.222. The van der Waals surface area contributed by atoms with Crippen LogP contribution >= 0.6 is 22.6 Å². The lowest BCUT2D eigenvalue weighted by molar-refractivity contribution is -0.0788. The van der Waals surface area contributed by atoms with E-state index < -0.39 is 5.97 Å². The second-order valence-electron chi connectivity index (χ2n) is 1.87. The molecule has 58 valence electrons. The maximum atomic E-state index is 11.4. The monoisotopic (exact) mass is 266 g/mol. The third-order valence-corrected chi connectivity index (χ3v) is 1.80. The molecule has 0 aliphatic carbocycles. The highest BCUT2D eigenvalue weighted by atomic mass is 127. The predicted octanol–water partition coefficient (Wildman–Crippen LogP) is 2.33. The molecule has 0 fully saturated rings. The third-order valence-electron chi connectivity index (χ3n) is 1.13. The van der Waals surface area contributed by atoms with Crippen LogP contribution in [0.2, 0.25) is 0 Å². The molecule has 0 unspecified atom stereocenters. The van der Waals surface area contributed by atoms with Gasteiger partial charge in [-0.2, -0.15) is 0 Å². The SMILES string of the molecule is O=C(OF)c1cccc(I)c1. The van der Waals surface area contributed by atoms with E-state index in [9.17, 15) is 9.32 Å². The Morgan fingerprint density at radius 1 is 1.55 bits per heavy atom. The largest absolute Gasteiger partial charge is 0.379 e. The Morgan fingerprint density at radius 3 is 2.82 bits per heavy atom. The van der Waals surface area contributed by atoms with Gasteiger partial charge in [-0.05, 0) is 40.8 Å². The number of carbonyl (C=O) groups is 1. The summed E-state index contributed by atoms with van der Waals surface area (Å²) in [5, 5.41) is 0. The van der Waals surface area contributed by atoms with Crippen molar-refractivity contribution in [1.29, 1.82) is 0 Å². The van der Waals surface area contributed by atoms with Crippen molar-refractivity contribution in [3.8, 4) is 0 Å². The molecule has 4 heteroatoms. The molecule has 0 aromatic heterocycles. The number of hydrogen-bond donors (Lipinski definition) is 0. The van der Waals surface area contributed by atoms with Gasteiger partial charge < -0.3 is 0 Å². The molecule has 1 aromatic rings. The number of rotatable bonds is 1. The first-order valence-electron chi connectivity index (χ1n) is 2.82. The molecule has 0 amide bonds. The third kappa shape index (κ3) is 2.14. The summed E-state index contributed by atoms with van der Waals surface area (Å²) in [6, 6.07) is 6.50. The fourth-order valence-corrected chi connectivity index (χ4v) is 1.20. The van der Waals surface area contributed by atoms with E-state index in [0.717, 1.165) is 3.57 Å². The summed E-state index contributed by atoms with van der Waals surface area (Å²) < 4.78 is 12.2. The molecule has 1 rings (SSSR count). The Bertz CT molecular complexity index is 275. The molecule has 0 saturated carbocycles. The van der Waals surface area contributed by atoms with Gasteiger partial charge >= 0.3 is 5.97 Å². The quantitative estimate of drug-likeness (QED) is 0.729. The molecule has 0 saturated heterocycles. The lowest BCUT2D eigenvalue weighted by atomic mass is 10.2. The van der Waals surface area contributed by atoms with E-state index in [4.69, 9.17) is 0 Å². The van der Waals surface area contributed by atoms with Crippen LogP contribution in [0, 0.1) is 3.57 Å². The maximum Gasteiger partial charge on any atom is 0.379 e. The second kappa shape index (κ2) is 3.66. The van der Waals surface area contributed by atoms with Gasteiger partial charge in [-0.25, -0.2) is 9.74 Å². The summed E-state index contributed by atoms with van der Waals surface area (Å²) in [7, 11) is 0. The van der Waals surface area contributed by atoms with Crippen LogP contribution in [0.3, 0.4) is 0 Å². The fraction of sp³-hybridized carbons (Fsp3) is 0. The van der Waals surface area contributed by atoms with Crippen LogP contribution in [-0.4, -0.2) is 5.97 Å². The zero-order chi connectivity index (χ0) is 8.27. The second-order valence-corrected chi connectivity index (χ2v) is 3.12. The Balaban J connectivity index is 2.96. The van der Waals surface area contributed by atoms with E-state index in [1.165, 1.54) is 6.07 Å². The van der Waals surface area contributed by atoms with Gasteiger partial charge in [0.15, 0.2) is 0 Å². The van der Waals surface area contributed by atoms with Gasteiger partial charge in [0.05, 0.1) is 5.56 Å². The summed E-state index contributed by atoms with van der Waals surface area (Å²) in [4.78, 5) is 13.6. The van der Waals surface area contributed by atoms with E-state index in [2.05, 4.69) is 4.94 Å². The minimum Gasteiger partial charge on any atom is -0.249 e. The van der Waals surface area contributed by atoms with Crippen LogP contribution in [0.25, 0.3) is 0 Å². The molecule has 0 radical (unpaired) electrons. The Kier molecular flexibility index (Phi) is 2.81. The van der Waals surface area contributed by atoms with Crippen LogP contribution in [0.4, 0.5) is 4.53 Å². The molecule has 11 heavy (non-hydrogen) atoms. The molecular weight excluding hydrogens is 262 g/mol. The van der Waals surface area contributed by atoms with E-state index in [1.807, 2.05) is 22.6 Å². The van der Waals surface area contributed by atoms with E-state index in [-0.39, 0.29) is 5.56 Å². The highest BCUT2D eigenvalue weighted by molar-refractivity contribution is 14.1. The molecule has 1 aromatic carbocycles. The summed E-state index contributed by atoms with van der Waals surface area (Å²) in [6.07, 6.45) is 0. The van der Waals surface area contributed by atoms with Crippen LogP contribution < -0.4 is 0 Å². The summed E-state index contributed by atoms with van der Waals surface area (Å²) in [5.41, 5.74) is 0.222. The predicted molar refractivity (Wildman–Crippen MR) is 45.7 cm³/mol. The highest BCUT2D eigenvalue weighted by Gasteiger charge is 2.06. The van der Waals surface area contributed by atoms with Crippen molar-refractivity contribution in [3.63, 3.8) is 0 Å². The van der Waals surface area contributed by atoms with Gasteiger partial charge in [0, 0.05) is 8.10 Å². The normalized spacial score (nSPS) is 9.27. The van der Waals surface area contributed by atoms with Crippen molar-refractivity contribution in [2.45, 2.75) is 0 Å². The van der Waals surface area contributed by atoms with E-state index in [1.54, 1.807) is 18.2 Å². The topological polar surface area (TPSA) is 26.3 Å². The van der Waals surface area contributed by atoms with Crippen molar-refractivity contribution < 1.29 is 14.3 Å². The van der Waals surface area contributed by atoms with Crippen molar-refractivity contribution in [1.82, 2.24) is 0 Å². The molecule has 0 atom stereocenters. The summed E-state index contributed by atoms with van der Waals surface area (Å²) in [5.74, 6) is -0.955. The summed E-state index contributed by atoms with van der Waals surface area (Å²) >= 11 is 2.02. The lowest BCUT2D eigenvalue weighted by Crippen LogP contribution is -1.97. The average molecular weight is 266 g/mol. The van der Waals surface area contributed by atoms with E-state index in [0.29, 0.717) is 0 Å². The lowest BCUT2D eigenvalue weighted by Gasteiger charge is -1.94. The smallest absolute Gasteiger partial charge is 0.249 e. The molecule has 0 bridgehead atoms. The maximum absolute atomic E-state index is 11.4. The Labute approximate surface area is 76.4 Å². The average Bonchev–Trinajstić information content (AvgIpc) is 2.03. The summed E-state index contributed by atoms with van der Waals surface area (Å²) in [6.45, 7) is 0. The van der Waals surface area contributed by atoms with Gasteiger partial charge in [-0.1, -0.05) is 6.07 Å². The van der Waals surface area contributed by atoms with Crippen LogP contribution in [0.1, 0.15) is 10.4 Å². The zero-order valence-electron chi connectivity index (χ0n) is 5.38. The molecule has 0 N–H and O–H groups in total. The van der Waals surface area contributed by atoms with Gasteiger partial charge in [0.1, 0.15) is 0 Å². The van der Waals surface area contributed by atoms with E-state index >= 15 is 0 Å².